The van der Waals surface area contributed by atoms with Gasteiger partial charge in [-0.1, -0.05) is 37.3 Å². The fraction of sp³-hybridized carbons (Fsp3) is 0.611. The quantitative estimate of drug-likeness (QED) is 0.925. The minimum atomic E-state index is -0.390. The number of hydrogen-bond acceptors (Lipinski definition) is 2. The highest BCUT2D eigenvalue weighted by Crippen LogP contribution is 2.46. The van der Waals surface area contributed by atoms with Gasteiger partial charge in [-0.25, -0.2) is 0 Å². The van der Waals surface area contributed by atoms with Crippen molar-refractivity contribution in [3.63, 3.8) is 0 Å². The lowest BCUT2D eigenvalue weighted by Crippen LogP contribution is -2.43. The summed E-state index contributed by atoms with van der Waals surface area (Å²) >= 11 is 0. The van der Waals surface area contributed by atoms with E-state index < -0.39 is 5.60 Å². The monoisotopic (exact) mass is 287 g/mol. The Morgan fingerprint density at radius 3 is 2.43 bits per heavy atom. The summed E-state index contributed by atoms with van der Waals surface area (Å²) in [5.41, 5.74) is 0.728. The summed E-state index contributed by atoms with van der Waals surface area (Å²) in [4.78, 5) is 14.8. The number of nitrogens with zero attached hydrogens (tertiary/aromatic N) is 1. The van der Waals surface area contributed by atoms with Crippen molar-refractivity contribution in [2.24, 2.45) is 5.92 Å². The smallest absolute Gasteiger partial charge is 0.230 e. The molecule has 1 heterocycles. The molecule has 0 radical (unpaired) electrons. The molecule has 1 aromatic carbocycles. The molecule has 3 heteroatoms. The molecule has 0 aromatic heterocycles. The molecule has 1 saturated carbocycles. The molecule has 3 nitrogen and oxygen atoms in total. The van der Waals surface area contributed by atoms with Crippen LogP contribution in [0.15, 0.2) is 30.3 Å². The summed E-state index contributed by atoms with van der Waals surface area (Å²) in [6, 6.07) is 10.1. The Morgan fingerprint density at radius 1 is 1.29 bits per heavy atom. The van der Waals surface area contributed by atoms with Gasteiger partial charge in [0.05, 0.1) is 11.5 Å². The Labute approximate surface area is 127 Å². The summed E-state index contributed by atoms with van der Waals surface area (Å²) in [7, 11) is 0. The lowest BCUT2D eigenvalue weighted by molar-refractivity contribution is -0.135. The molecule has 1 aliphatic carbocycles. The fourth-order valence-corrected chi connectivity index (χ4v) is 3.63. The largest absolute Gasteiger partial charge is 0.390 e. The number of benzene rings is 1. The minimum Gasteiger partial charge on any atom is -0.390 e. The zero-order valence-corrected chi connectivity index (χ0v) is 12.8. The van der Waals surface area contributed by atoms with Crippen LogP contribution in [-0.2, 0) is 4.79 Å². The van der Waals surface area contributed by atoms with Crippen LogP contribution >= 0.6 is 0 Å². The standard InChI is InChI=1S/C18H25NO2/c1-2-16(14-6-4-3-5-7-14)17(20)19-12-8-15(9-13-19)18(21)10-11-18/h3-7,15-16,21H,2,8-13H2,1H3. The van der Waals surface area contributed by atoms with Gasteiger partial charge in [0, 0.05) is 13.1 Å². The van der Waals surface area contributed by atoms with Crippen LogP contribution in [0.25, 0.3) is 0 Å². The molecule has 0 spiro atoms. The van der Waals surface area contributed by atoms with Crippen LogP contribution in [0.2, 0.25) is 0 Å². The highest BCUT2D eigenvalue weighted by molar-refractivity contribution is 5.83. The highest BCUT2D eigenvalue weighted by atomic mass is 16.3. The number of amides is 1. The van der Waals surface area contributed by atoms with E-state index in [0.717, 1.165) is 50.8 Å². The lowest BCUT2D eigenvalue weighted by atomic mass is 9.88. The average Bonchev–Trinajstić information content (AvgIpc) is 3.28. The molecule has 2 aliphatic rings. The number of hydrogen-bond donors (Lipinski definition) is 1. The Hall–Kier alpha value is -1.35. The maximum atomic E-state index is 12.8. The lowest BCUT2D eigenvalue weighted by Gasteiger charge is -2.36. The molecule has 3 rings (SSSR count). The molecule has 2 fully saturated rings. The minimum absolute atomic E-state index is 0.0215. The van der Waals surface area contributed by atoms with Crippen LogP contribution in [0.5, 0.6) is 0 Å². The third-order valence-electron chi connectivity index (χ3n) is 5.24. The predicted octanol–water partition coefficient (Wildman–Crippen LogP) is 2.94. The van der Waals surface area contributed by atoms with Crippen molar-refractivity contribution < 1.29 is 9.90 Å². The third kappa shape index (κ3) is 2.98. The van der Waals surface area contributed by atoms with Gasteiger partial charge in [0.2, 0.25) is 5.91 Å². The molecule has 114 valence electrons. The third-order valence-corrected chi connectivity index (χ3v) is 5.24. The van der Waals surface area contributed by atoms with Gasteiger partial charge < -0.3 is 10.0 Å². The van der Waals surface area contributed by atoms with E-state index in [-0.39, 0.29) is 11.8 Å². The first kappa shape index (κ1) is 14.6. The van der Waals surface area contributed by atoms with Crippen molar-refractivity contribution in [1.82, 2.24) is 4.90 Å². The van der Waals surface area contributed by atoms with Crippen molar-refractivity contribution in [2.45, 2.75) is 50.5 Å². The van der Waals surface area contributed by atoms with Gasteiger partial charge in [-0.2, -0.15) is 0 Å². The van der Waals surface area contributed by atoms with Gasteiger partial charge in [0.15, 0.2) is 0 Å². The number of aliphatic hydroxyl groups is 1. The molecule has 1 amide bonds. The molecule has 1 unspecified atom stereocenters. The van der Waals surface area contributed by atoms with Crippen molar-refractivity contribution in [3.8, 4) is 0 Å². The van der Waals surface area contributed by atoms with E-state index in [2.05, 4.69) is 6.92 Å². The second-order valence-corrected chi connectivity index (χ2v) is 6.57. The van der Waals surface area contributed by atoms with Crippen molar-refractivity contribution in [2.75, 3.05) is 13.1 Å². The van der Waals surface area contributed by atoms with E-state index in [9.17, 15) is 9.90 Å². The molecule has 1 atom stereocenters. The van der Waals surface area contributed by atoms with Crippen LogP contribution in [0.4, 0.5) is 0 Å². The first-order valence-corrected chi connectivity index (χ1v) is 8.20. The molecular formula is C18H25NO2. The zero-order valence-electron chi connectivity index (χ0n) is 12.8. The van der Waals surface area contributed by atoms with Gasteiger partial charge in [0.1, 0.15) is 0 Å². The van der Waals surface area contributed by atoms with E-state index in [1.807, 2.05) is 35.2 Å². The maximum Gasteiger partial charge on any atom is 0.230 e. The summed E-state index contributed by atoms with van der Waals surface area (Å²) < 4.78 is 0. The summed E-state index contributed by atoms with van der Waals surface area (Å²) in [6.07, 6.45) is 4.65. The second-order valence-electron chi connectivity index (χ2n) is 6.57. The van der Waals surface area contributed by atoms with Crippen LogP contribution < -0.4 is 0 Å². The first-order chi connectivity index (χ1) is 10.1. The second kappa shape index (κ2) is 5.80. The van der Waals surface area contributed by atoms with E-state index >= 15 is 0 Å². The summed E-state index contributed by atoms with van der Waals surface area (Å²) in [5.74, 6) is 0.634. The van der Waals surface area contributed by atoms with Gasteiger partial charge >= 0.3 is 0 Å². The number of carbonyl (C=O) groups is 1. The normalized spacial score (nSPS) is 22.9. The van der Waals surface area contributed by atoms with Crippen molar-refractivity contribution >= 4 is 5.91 Å². The van der Waals surface area contributed by atoms with Gasteiger partial charge in [-0.15, -0.1) is 0 Å². The highest BCUT2D eigenvalue weighted by Gasteiger charge is 2.48. The zero-order chi connectivity index (χ0) is 14.9. The Kier molecular flexibility index (Phi) is 4.03. The van der Waals surface area contributed by atoms with E-state index in [0.29, 0.717) is 5.92 Å². The fourth-order valence-electron chi connectivity index (χ4n) is 3.63. The van der Waals surface area contributed by atoms with Crippen LogP contribution in [-0.4, -0.2) is 34.6 Å². The predicted molar refractivity (Wildman–Crippen MR) is 83.0 cm³/mol. The molecule has 1 aliphatic heterocycles. The van der Waals surface area contributed by atoms with Gasteiger partial charge in [0.25, 0.3) is 0 Å². The van der Waals surface area contributed by atoms with Crippen molar-refractivity contribution in [3.05, 3.63) is 35.9 Å². The SMILES string of the molecule is CCC(C(=O)N1CCC(C2(O)CC2)CC1)c1ccccc1. The van der Waals surface area contributed by atoms with E-state index in [1.165, 1.54) is 0 Å². The number of carbonyl (C=O) groups excluding carboxylic acids is 1. The molecular weight excluding hydrogens is 262 g/mol. The molecule has 21 heavy (non-hydrogen) atoms. The van der Waals surface area contributed by atoms with Crippen LogP contribution in [0.3, 0.4) is 0 Å². The van der Waals surface area contributed by atoms with Crippen molar-refractivity contribution in [1.29, 1.82) is 0 Å². The Morgan fingerprint density at radius 2 is 1.90 bits per heavy atom. The maximum absolute atomic E-state index is 12.8. The first-order valence-electron chi connectivity index (χ1n) is 8.20. The van der Waals surface area contributed by atoms with Gasteiger partial charge in [-0.05, 0) is 43.6 Å². The number of likely N-dealkylation sites (tertiary alicyclic amines) is 1. The van der Waals surface area contributed by atoms with Crippen LogP contribution in [0, 0.1) is 5.92 Å². The topological polar surface area (TPSA) is 40.5 Å². The van der Waals surface area contributed by atoms with Crippen LogP contribution in [0.1, 0.15) is 50.5 Å². The number of rotatable bonds is 4. The summed E-state index contributed by atoms with van der Waals surface area (Å²) in [5, 5.41) is 10.2. The molecule has 1 aromatic rings. The van der Waals surface area contributed by atoms with Gasteiger partial charge in [-0.3, -0.25) is 4.79 Å². The Balaban J connectivity index is 1.62. The Bertz CT molecular complexity index is 487. The number of piperidine rings is 1. The average molecular weight is 287 g/mol. The summed E-state index contributed by atoms with van der Waals surface area (Å²) in [6.45, 7) is 3.68. The molecule has 0 bridgehead atoms. The molecule has 1 saturated heterocycles. The van der Waals surface area contributed by atoms with E-state index in [1.54, 1.807) is 0 Å². The molecule has 1 N–H and O–H groups in total. The van der Waals surface area contributed by atoms with E-state index in [4.69, 9.17) is 0 Å².